The molecule has 0 unspecified atom stereocenters. The standard InChI is InChI=1S/C28H28O6/c1-20-8-6-7-11-24(20)26(14-15-28(30)31)34-27-16-23(33-18-21-9-4-3-5-10-21)12-13-25(27)22(17-29)19-32-2/h3-13,16-17,19,26H,14-15,18H2,1-2H3,(H,30,31)/b22-19-/t26-/m0/s1. The first kappa shape index (κ1) is 24.6. The van der Waals surface area contributed by atoms with Gasteiger partial charge in [-0.2, -0.15) is 0 Å². The first-order chi connectivity index (χ1) is 16.5. The highest BCUT2D eigenvalue weighted by Crippen LogP contribution is 2.35. The van der Waals surface area contributed by atoms with E-state index in [1.807, 2.05) is 61.5 Å². The molecule has 3 rings (SSSR count). The molecule has 3 aromatic carbocycles. The zero-order chi connectivity index (χ0) is 24.3. The van der Waals surface area contributed by atoms with Gasteiger partial charge in [-0.1, -0.05) is 54.6 Å². The lowest BCUT2D eigenvalue weighted by molar-refractivity contribution is -0.137. The summed E-state index contributed by atoms with van der Waals surface area (Å²) in [6, 6.07) is 22.7. The molecule has 6 heteroatoms. The van der Waals surface area contributed by atoms with Crippen LogP contribution in [0.25, 0.3) is 5.57 Å². The van der Waals surface area contributed by atoms with Crippen molar-refractivity contribution in [3.63, 3.8) is 0 Å². The Bertz CT molecular complexity index is 1140. The molecular weight excluding hydrogens is 432 g/mol. The minimum Gasteiger partial charge on any atom is -0.504 e. The van der Waals surface area contributed by atoms with Crippen molar-refractivity contribution in [2.45, 2.75) is 32.5 Å². The largest absolute Gasteiger partial charge is 0.504 e. The molecule has 0 bridgehead atoms. The number of carbonyl (C=O) groups excluding carboxylic acids is 1. The van der Waals surface area contributed by atoms with Crippen LogP contribution in [0.5, 0.6) is 11.5 Å². The van der Waals surface area contributed by atoms with E-state index in [4.69, 9.17) is 14.2 Å². The van der Waals surface area contributed by atoms with Crippen molar-refractivity contribution in [2.24, 2.45) is 0 Å². The average Bonchev–Trinajstić information content (AvgIpc) is 2.85. The van der Waals surface area contributed by atoms with E-state index in [1.165, 1.54) is 13.4 Å². The third kappa shape index (κ3) is 6.72. The molecule has 0 aliphatic rings. The van der Waals surface area contributed by atoms with Crippen molar-refractivity contribution >= 4 is 17.8 Å². The fourth-order valence-electron chi connectivity index (χ4n) is 3.58. The van der Waals surface area contributed by atoms with Gasteiger partial charge < -0.3 is 19.3 Å². The van der Waals surface area contributed by atoms with E-state index < -0.39 is 12.1 Å². The smallest absolute Gasteiger partial charge is 0.303 e. The fourth-order valence-corrected chi connectivity index (χ4v) is 3.58. The Labute approximate surface area is 199 Å². The third-order valence-electron chi connectivity index (χ3n) is 5.31. The Kier molecular flexibility index (Phi) is 8.86. The molecule has 0 radical (unpaired) electrons. The summed E-state index contributed by atoms with van der Waals surface area (Å²) in [4.78, 5) is 23.1. The van der Waals surface area contributed by atoms with Gasteiger partial charge in [-0.15, -0.1) is 0 Å². The van der Waals surface area contributed by atoms with Gasteiger partial charge in [0.15, 0.2) is 6.29 Å². The summed E-state index contributed by atoms with van der Waals surface area (Å²) in [6.07, 6.45) is 1.71. The quantitative estimate of drug-likeness (QED) is 0.211. The second-order valence-electron chi connectivity index (χ2n) is 7.75. The van der Waals surface area contributed by atoms with E-state index in [9.17, 15) is 14.7 Å². The third-order valence-corrected chi connectivity index (χ3v) is 5.31. The molecular formula is C28H28O6. The van der Waals surface area contributed by atoms with E-state index in [0.717, 1.165) is 16.7 Å². The van der Waals surface area contributed by atoms with Crippen LogP contribution in [0.15, 0.2) is 79.1 Å². The van der Waals surface area contributed by atoms with E-state index in [2.05, 4.69) is 0 Å². The van der Waals surface area contributed by atoms with Crippen LogP contribution in [0.2, 0.25) is 0 Å². The molecule has 0 saturated heterocycles. The summed E-state index contributed by atoms with van der Waals surface area (Å²) in [5, 5.41) is 9.27. The summed E-state index contributed by atoms with van der Waals surface area (Å²) in [6.45, 7) is 2.32. The number of benzene rings is 3. The highest BCUT2D eigenvalue weighted by Gasteiger charge is 2.20. The topological polar surface area (TPSA) is 82.1 Å². The van der Waals surface area contributed by atoms with E-state index in [0.29, 0.717) is 35.5 Å². The molecule has 0 aliphatic carbocycles. The zero-order valence-corrected chi connectivity index (χ0v) is 19.3. The number of carboxylic acid groups (broad SMARTS) is 1. The molecule has 0 aliphatic heterocycles. The molecule has 0 aromatic heterocycles. The van der Waals surface area contributed by atoms with Crippen molar-refractivity contribution in [1.29, 1.82) is 0 Å². The highest BCUT2D eigenvalue weighted by molar-refractivity contribution is 6.07. The van der Waals surface area contributed by atoms with E-state index >= 15 is 0 Å². The van der Waals surface area contributed by atoms with Crippen LogP contribution in [0.3, 0.4) is 0 Å². The van der Waals surface area contributed by atoms with Crippen LogP contribution in [0.1, 0.15) is 41.2 Å². The molecule has 1 N–H and O–H groups in total. The average molecular weight is 461 g/mol. The molecule has 0 saturated carbocycles. The van der Waals surface area contributed by atoms with Gasteiger partial charge in [0.2, 0.25) is 0 Å². The number of rotatable bonds is 12. The molecule has 0 amide bonds. The van der Waals surface area contributed by atoms with Crippen molar-refractivity contribution < 1.29 is 28.9 Å². The van der Waals surface area contributed by atoms with Gasteiger partial charge in [-0.25, -0.2) is 0 Å². The van der Waals surface area contributed by atoms with Gasteiger partial charge in [0.25, 0.3) is 0 Å². The van der Waals surface area contributed by atoms with E-state index in [-0.39, 0.29) is 12.8 Å². The maximum atomic E-state index is 11.8. The number of ether oxygens (including phenoxy) is 3. The molecule has 176 valence electrons. The number of aldehydes is 1. The van der Waals surface area contributed by atoms with Crippen molar-refractivity contribution in [2.75, 3.05) is 7.11 Å². The van der Waals surface area contributed by atoms with Crippen LogP contribution in [-0.2, 0) is 20.9 Å². The number of hydrogen-bond acceptors (Lipinski definition) is 5. The summed E-state index contributed by atoms with van der Waals surface area (Å²) >= 11 is 0. The maximum Gasteiger partial charge on any atom is 0.303 e. The Hall–Kier alpha value is -4.06. The molecule has 0 spiro atoms. The van der Waals surface area contributed by atoms with E-state index in [1.54, 1.807) is 18.2 Å². The second-order valence-corrected chi connectivity index (χ2v) is 7.75. The minimum atomic E-state index is -0.907. The van der Waals surface area contributed by atoms with Gasteiger partial charge in [0, 0.05) is 18.1 Å². The van der Waals surface area contributed by atoms with Gasteiger partial charge in [-0.05, 0) is 42.2 Å². The number of aliphatic carboxylic acids is 1. The second kappa shape index (κ2) is 12.3. The SMILES string of the molecule is CO/C=C(/C=O)c1ccc(OCc2ccccc2)cc1O[C@@H](CCC(=O)O)c1ccccc1C. The molecule has 6 nitrogen and oxygen atoms in total. The summed E-state index contributed by atoms with van der Waals surface area (Å²) in [5.74, 6) is 0.0573. The first-order valence-corrected chi connectivity index (χ1v) is 10.9. The summed E-state index contributed by atoms with van der Waals surface area (Å²) in [7, 11) is 1.46. The maximum absolute atomic E-state index is 11.8. The lowest BCUT2D eigenvalue weighted by atomic mass is 9.99. The van der Waals surface area contributed by atoms with Crippen molar-refractivity contribution in [1.82, 2.24) is 0 Å². The fraction of sp³-hybridized carbons (Fsp3) is 0.214. The van der Waals surface area contributed by atoms with Crippen molar-refractivity contribution in [3.8, 4) is 11.5 Å². The predicted molar refractivity (Wildman–Crippen MR) is 130 cm³/mol. The van der Waals surface area contributed by atoms with Gasteiger partial charge in [0.1, 0.15) is 24.2 Å². The monoisotopic (exact) mass is 460 g/mol. The molecule has 1 atom stereocenters. The number of methoxy groups -OCH3 is 1. The van der Waals surface area contributed by atoms with Crippen LogP contribution < -0.4 is 9.47 Å². The number of carboxylic acids is 1. The van der Waals surface area contributed by atoms with Crippen LogP contribution in [-0.4, -0.2) is 24.5 Å². The Balaban J connectivity index is 1.97. The number of carbonyl (C=O) groups is 2. The summed E-state index contributed by atoms with van der Waals surface area (Å²) in [5.41, 5.74) is 3.71. The number of hydrogen-bond donors (Lipinski definition) is 1. The van der Waals surface area contributed by atoms with Crippen molar-refractivity contribution in [3.05, 3.63) is 101 Å². The Morgan fingerprint density at radius 3 is 2.44 bits per heavy atom. The predicted octanol–water partition coefficient (Wildman–Crippen LogP) is 5.75. The molecule has 0 heterocycles. The normalized spacial score (nSPS) is 12.0. The van der Waals surface area contributed by atoms with Gasteiger partial charge in [-0.3, -0.25) is 9.59 Å². The van der Waals surface area contributed by atoms with Crippen LogP contribution in [0, 0.1) is 6.92 Å². The van der Waals surface area contributed by atoms with Crippen LogP contribution in [0.4, 0.5) is 0 Å². The Morgan fingerprint density at radius 1 is 1.03 bits per heavy atom. The molecule has 34 heavy (non-hydrogen) atoms. The lowest BCUT2D eigenvalue weighted by Crippen LogP contribution is -2.13. The lowest BCUT2D eigenvalue weighted by Gasteiger charge is -2.23. The number of allylic oxidation sites excluding steroid dienone is 1. The first-order valence-electron chi connectivity index (χ1n) is 10.9. The molecule has 3 aromatic rings. The number of aryl methyl sites for hydroxylation is 1. The Morgan fingerprint density at radius 2 is 1.76 bits per heavy atom. The minimum absolute atomic E-state index is 0.0625. The van der Waals surface area contributed by atoms with Crippen LogP contribution >= 0.6 is 0 Å². The summed E-state index contributed by atoms with van der Waals surface area (Å²) < 4.78 is 17.4. The molecule has 0 fully saturated rings. The van der Waals surface area contributed by atoms with Gasteiger partial charge in [0.05, 0.1) is 18.9 Å². The highest BCUT2D eigenvalue weighted by atomic mass is 16.5. The van der Waals surface area contributed by atoms with Gasteiger partial charge >= 0.3 is 5.97 Å². The zero-order valence-electron chi connectivity index (χ0n) is 19.3.